The van der Waals surface area contributed by atoms with Crippen molar-refractivity contribution in [2.45, 2.75) is 58.3 Å². The number of rotatable bonds is 7. The smallest absolute Gasteiger partial charge is 0.323 e. The monoisotopic (exact) mass is 663 g/mol. The molecule has 48 heavy (non-hydrogen) atoms. The van der Waals surface area contributed by atoms with E-state index in [1.165, 1.54) is 24.3 Å². The van der Waals surface area contributed by atoms with Gasteiger partial charge in [0.15, 0.2) is 0 Å². The third-order valence-electron chi connectivity index (χ3n) is 8.24. The van der Waals surface area contributed by atoms with E-state index in [9.17, 15) is 23.9 Å². The van der Waals surface area contributed by atoms with E-state index < -0.39 is 24.0 Å². The minimum atomic E-state index is -0.571. The van der Waals surface area contributed by atoms with Crippen LogP contribution in [0.25, 0.3) is 0 Å². The summed E-state index contributed by atoms with van der Waals surface area (Å²) in [6.45, 7) is 6.34. The standard InChI is InChI=1S/C36H46FN5O6/c1-24-21-42(25(2)23-43)34(44)31-20-30(39-35(45)38-29-15-13-27(37)14-16-29)17-18-32(31)48-26(3)10-8-9-19-47-33(24)22-41(4)36(46)40-28-11-6-5-7-12-28/h5-7,11-18,20,24-26,33,43H,8-10,19,21-23H2,1-4H3,(H,40,46)(H2,38,39,45)/t24-,25+,26+,33+/m0/s1. The number of carbonyl (C=O) groups excluding carboxylic acids is 3. The number of nitrogens with zero attached hydrogens (tertiary/aromatic N) is 2. The lowest BCUT2D eigenvalue weighted by atomic mass is 10.0. The summed E-state index contributed by atoms with van der Waals surface area (Å²) < 4.78 is 25.9. The van der Waals surface area contributed by atoms with Crippen molar-refractivity contribution in [1.29, 1.82) is 0 Å². The Morgan fingerprint density at radius 3 is 2.35 bits per heavy atom. The first-order chi connectivity index (χ1) is 23.0. The van der Waals surface area contributed by atoms with Crippen molar-refractivity contribution in [1.82, 2.24) is 9.80 Å². The summed E-state index contributed by atoms with van der Waals surface area (Å²) in [4.78, 5) is 43.2. The van der Waals surface area contributed by atoms with Gasteiger partial charge in [0.05, 0.1) is 30.4 Å². The Bertz CT molecular complexity index is 1510. The summed E-state index contributed by atoms with van der Waals surface area (Å²) in [5.74, 6) is -0.681. The topological polar surface area (TPSA) is 132 Å². The maximum absolute atomic E-state index is 14.3. The molecule has 1 aliphatic heterocycles. The van der Waals surface area contributed by atoms with E-state index in [4.69, 9.17) is 9.47 Å². The van der Waals surface area contributed by atoms with Gasteiger partial charge in [0.25, 0.3) is 5.91 Å². The molecule has 4 N–H and O–H groups in total. The van der Waals surface area contributed by atoms with Gasteiger partial charge in [-0.3, -0.25) is 4.79 Å². The van der Waals surface area contributed by atoms with Crippen LogP contribution in [0.3, 0.4) is 0 Å². The van der Waals surface area contributed by atoms with Crippen LogP contribution in [0.15, 0.2) is 72.8 Å². The number of hydrogen-bond acceptors (Lipinski definition) is 6. The second-order valence-corrected chi connectivity index (χ2v) is 12.3. The van der Waals surface area contributed by atoms with E-state index in [1.54, 1.807) is 42.0 Å². The van der Waals surface area contributed by atoms with Gasteiger partial charge in [-0.05, 0) is 87.7 Å². The van der Waals surface area contributed by atoms with Crippen molar-refractivity contribution >= 4 is 35.0 Å². The van der Waals surface area contributed by atoms with Crippen LogP contribution in [0.5, 0.6) is 5.75 Å². The lowest BCUT2D eigenvalue weighted by molar-refractivity contribution is -0.0115. The molecule has 4 rings (SSSR count). The molecule has 0 radical (unpaired) electrons. The summed E-state index contributed by atoms with van der Waals surface area (Å²) in [6.07, 6.45) is 1.70. The highest BCUT2D eigenvalue weighted by molar-refractivity contribution is 6.02. The lowest BCUT2D eigenvalue weighted by Crippen LogP contribution is -2.48. The molecule has 0 unspecified atom stereocenters. The molecule has 12 heteroatoms. The summed E-state index contributed by atoms with van der Waals surface area (Å²) in [5, 5.41) is 18.5. The third-order valence-corrected chi connectivity index (χ3v) is 8.24. The van der Waals surface area contributed by atoms with Crippen LogP contribution in [-0.2, 0) is 4.74 Å². The van der Waals surface area contributed by atoms with Gasteiger partial charge in [-0.15, -0.1) is 0 Å². The number of benzene rings is 3. The average Bonchev–Trinajstić information content (AvgIpc) is 3.07. The summed E-state index contributed by atoms with van der Waals surface area (Å²) in [7, 11) is 1.70. The molecule has 0 aliphatic carbocycles. The predicted molar refractivity (Wildman–Crippen MR) is 184 cm³/mol. The van der Waals surface area contributed by atoms with E-state index in [1.807, 2.05) is 44.2 Å². The number of aliphatic hydroxyl groups is 1. The summed E-state index contributed by atoms with van der Waals surface area (Å²) in [6, 6.07) is 18.0. The molecule has 5 amide bonds. The second-order valence-electron chi connectivity index (χ2n) is 12.3. The van der Waals surface area contributed by atoms with Crippen molar-refractivity contribution in [3.05, 3.63) is 84.2 Å². The Kier molecular flexibility index (Phi) is 13.2. The fraction of sp³-hybridized carbons (Fsp3) is 0.417. The summed E-state index contributed by atoms with van der Waals surface area (Å²) in [5.41, 5.74) is 1.65. The van der Waals surface area contributed by atoms with Gasteiger partial charge in [0.1, 0.15) is 11.6 Å². The van der Waals surface area contributed by atoms with Crippen LogP contribution in [0.2, 0.25) is 0 Å². The highest BCUT2D eigenvalue weighted by Gasteiger charge is 2.31. The molecule has 0 aromatic heterocycles. The molecule has 1 heterocycles. The van der Waals surface area contributed by atoms with Gasteiger partial charge in [-0.2, -0.15) is 0 Å². The molecule has 1 aliphatic rings. The number of aliphatic hydroxyl groups excluding tert-OH is 1. The minimum Gasteiger partial charge on any atom is -0.490 e. The number of ether oxygens (including phenoxy) is 2. The maximum Gasteiger partial charge on any atom is 0.323 e. The van der Waals surface area contributed by atoms with Gasteiger partial charge in [0.2, 0.25) is 0 Å². The van der Waals surface area contributed by atoms with Crippen LogP contribution in [0.1, 0.15) is 50.4 Å². The van der Waals surface area contributed by atoms with Gasteiger partial charge in [0, 0.05) is 49.7 Å². The van der Waals surface area contributed by atoms with Crippen LogP contribution >= 0.6 is 0 Å². The highest BCUT2D eigenvalue weighted by Crippen LogP contribution is 2.29. The molecule has 0 saturated heterocycles. The molecule has 3 aromatic carbocycles. The normalized spacial score (nSPS) is 19.6. The molecule has 0 bridgehead atoms. The maximum atomic E-state index is 14.3. The third kappa shape index (κ3) is 10.4. The number of likely N-dealkylation sites (N-methyl/N-ethyl adjacent to an activating group) is 1. The Morgan fingerprint density at radius 2 is 1.65 bits per heavy atom. The molecule has 4 atom stereocenters. The Hall–Kier alpha value is -4.68. The first-order valence-electron chi connectivity index (χ1n) is 16.3. The predicted octanol–water partition coefficient (Wildman–Crippen LogP) is 6.43. The molecule has 0 saturated carbocycles. The van der Waals surface area contributed by atoms with Gasteiger partial charge >= 0.3 is 12.1 Å². The average molecular weight is 664 g/mol. The Labute approximate surface area is 281 Å². The van der Waals surface area contributed by atoms with Crippen LogP contribution in [0.4, 0.5) is 31.0 Å². The second kappa shape index (κ2) is 17.5. The lowest BCUT2D eigenvalue weighted by Gasteiger charge is -2.35. The SMILES string of the molecule is C[C@@H]1CCCCO[C@H](CN(C)C(=O)Nc2ccccc2)[C@@H](C)CN([C@H](C)CO)C(=O)c2cc(NC(=O)Nc3ccc(F)cc3)ccc2O1. The molecule has 11 nitrogen and oxygen atoms in total. The zero-order valence-electron chi connectivity index (χ0n) is 27.9. The first-order valence-corrected chi connectivity index (χ1v) is 16.3. The van der Waals surface area contributed by atoms with Crippen LogP contribution in [0, 0.1) is 11.7 Å². The van der Waals surface area contributed by atoms with Gasteiger partial charge in [-0.1, -0.05) is 25.1 Å². The van der Waals surface area contributed by atoms with Crippen molar-refractivity contribution in [2.24, 2.45) is 5.92 Å². The number of urea groups is 2. The number of fused-ring (bicyclic) bond motifs is 1. The minimum absolute atomic E-state index is 0.216. The number of halogens is 1. The van der Waals surface area contributed by atoms with Crippen molar-refractivity contribution in [3.8, 4) is 5.75 Å². The number of hydrogen-bond donors (Lipinski definition) is 4. The summed E-state index contributed by atoms with van der Waals surface area (Å²) >= 11 is 0. The largest absolute Gasteiger partial charge is 0.490 e. The molecule has 0 spiro atoms. The molecule has 258 valence electrons. The van der Waals surface area contributed by atoms with E-state index in [-0.39, 0.29) is 49.2 Å². The van der Waals surface area contributed by atoms with E-state index in [0.717, 1.165) is 12.8 Å². The number of anilines is 3. The molecule has 0 fully saturated rings. The van der Waals surface area contributed by atoms with E-state index in [2.05, 4.69) is 16.0 Å². The molecular formula is C36H46FN5O6. The Balaban J connectivity index is 1.57. The van der Waals surface area contributed by atoms with E-state index in [0.29, 0.717) is 35.8 Å². The number of para-hydroxylation sites is 1. The van der Waals surface area contributed by atoms with Crippen molar-refractivity contribution in [2.75, 3.05) is 49.3 Å². The van der Waals surface area contributed by atoms with E-state index >= 15 is 0 Å². The first kappa shape index (κ1) is 36.2. The quantitative estimate of drug-likeness (QED) is 0.230. The highest BCUT2D eigenvalue weighted by atomic mass is 19.1. The van der Waals surface area contributed by atoms with Gasteiger partial charge in [-0.25, -0.2) is 14.0 Å². The van der Waals surface area contributed by atoms with Crippen molar-refractivity contribution < 1.29 is 33.4 Å². The number of carbonyl (C=O) groups is 3. The van der Waals surface area contributed by atoms with Crippen molar-refractivity contribution in [3.63, 3.8) is 0 Å². The number of amides is 5. The van der Waals surface area contributed by atoms with Crippen LogP contribution < -0.4 is 20.7 Å². The fourth-order valence-electron chi connectivity index (χ4n) is 5.38. The fourth-order valence-corrected chi connectivity index (χ4v) is 5.38. The zero-order valence-corrected chi connectivity index (χ0v) is 27.9. The molecular weight excluding hydrogens is 617 g/mol. The molecule has 3 aromatic rings. The number of nitrogens with one attached hydrogen (secondary N) is 3. The van der Waals surface area contributed by atoms with Gasteiger partial charge < -0.3 is 40.3 Å². The van der Waals surface area contributed by atoms with Crippen LogP contribution in [-0.4, -0.2) is 84.5 Å². The zero-order chi connectivity index (χ0) is 34.6. The Morgan fingerprint density at radius 1 is 0.979 bits per heavy atom.